The first-order valence-corrected chi connectivity index (χ1v) is 7.67. The van der Waals surface area contributed by atoms with Gasteiger partial charge in [0.15, 0.2) is 0 Å². The number of benzene rings is 1. The van der Waals surface area contributed by atoms with Gasteiger partial charge in [0.2, 0.25) is 0 Å². The molecular weight excluding hydrogens is 268 g/mol. The summed E-state index contributed by atoms with van der Waals surface area (Å²) < 4.78 is 0. The van der Waals surface area contributed by atoms with E-state index in [0.717, 1.165) is 12.8 Å². The number of non-ortho nitro benzene ring substituents is 1. The van der Waals surface area contributed by atoms with Crippen LogP contribution in [0.25, 0.3) is 0 Å². The van der Waals surface area contributed by atoms with E-state index in [4.69, 9.17) is 0 Å². The van der Waals surface area contributed by atoms with Crippen LogP contribution in [0.5, 0.6) is 0 Å². The van der Waals surface area contributed by atoms with Gasteiger partial charge in [-0.2, -0.15) is 0 Å². The van der Waals surface area contributed by atoms with Gasteiger partial charge in [0.05, 0.1) is 4.92 Å². The number of carbonyl (C=O) groups is 1. The molecule has 21 heavy (non-hydrogen) atoms. The smallest absolute Gasteiger partial charge is 0.270 e. The fourth-order valence-corrected chi connectivity index (χ4v) is 2.15. The number of hydrogen-bond donors (Lipinski definition) is 1. The van der Waals surface area contributed by atoms with E-state index >= 15 is 0 Å². The Morgan fingerprint density at radius 2 is 1.81 bits per heavy atom. The van der Waals surface area contributed by atoms with Gasteiger partial charge in [0.1, 0.15) is 0 Å². The molecule has 0 saturated carbocycles. The first-order chi connectivity index (χ1) is 10.1. The minimum Gasteiger partial charge on any atom is -0.352 e. The zero-order chi connectivity index (χ0) is 15.5. The van der Waals surface area contributed by atoms with Crippen LogP contribution < -0.4 is 5.32 Å². The molecule has 0 bridgehead atoms. The number of carbonyl (C=O) groups excluding carboxylic acids is 1. The van der Waals surface area contributed by atoms with Crippen molar-refractivity contribution in [2.24, 2.45) is 0 Å². The first-order valence-electron chi connectivity index (χ1n) is 7.67. The molecule has 0 aliphatic heterocycles. The van der Waals surface area contributed by atoms with Gasteiger partial charge in [0, 0.05) is 24.2 Å². The lowest BCUT2D eigenvalue weighted by atomic mass is 10.1. The number of hydrogen-bond acceptors (Lipinski definition) is 3. The molecule has 0 radical (unpaired) electrons. The van der Waals surface area contributed by atoms with Crippen molar-refractivity contribution >= 4 is 11.6 Å². The minimum absolute atomic E-state index is 0.0569. The van der Waals surface area contributed by atoms with Crippen molar-refractivity contribution in [2.75, 3.05) is 6.54 Å². The molecule has 0 unspecified atom stereocenters. The van der Waals surface area contributed by atoms with Crippen molar-refractivity contribution in [3.8, 4) is 0 Å². The third-order valence-electron chi connectivity index (χ3n) is 3.39. The monoisotopic (exact) mass is 292 g/mol. The van der Waals surface area contributed by atoms with E-state index in [1.165, 1.54) is 50.3 Å². The average Bonchev–Trinajstić information content (AvgIpc) is 2.49. The van der Waals surface area contributed by atoms with Gasteiger partial charge < -0.3 is 5.32 Å². The summed E-state index contributed by atoms with van der Waals surface area (Å²) in [7, 11) is 0. The largest absolute Gasteiger partial charge is 0.352 e. The van der Waals surface area contributed by atoms with Crippen molar-refractivity contribution in [1.29, 1.82) is 0 Å². The fraction of sp³-hybridized carbons (Fsp3) is 0.562. The standard InChI is InChI=1S/C16H24N2O3/c1-2-3-4-5-6-7-8-12-17-16(19)14-10-9-11-15(13-14)18(20)21/h9-11,13H,2-8,12H2,1H3,(H,17,19). The van der Waals surface area contributed by atoms with Crippen LogP contribution in [0.4, 0.5) is 5.69 Å². The molecule has 5 heteroatoms. The van der Waals surface area contributed by atoms with Crippen LogP contribution in [0.15, 0.2) is 24.3 Å². The van der Waals surface area contributed by atoms with Crippen molar-refractivity contribution in [1.82, 2.24) is 5.32 Å². The molecular formula is C16H24N2O3. The van der Waals surface area contributed by atoms with E-state index in [0.29, 0.717) is 12.1 Å². The summed E-state index contributed by atoms with van der Waals surface area (Å²) in [5, 5.41) is 13.5. The van der Waals surface area contributed by atoms with Crippen molar-refractivity contribution < 1.29 is 9.72 Å². The summed E-state index contributed by atoms with van der Waals surface area (Å²) in [4.78, 5) is 22.0. The Bertz CT molecular complexity index is 461. The van der Waals surface area contributed by atoms with Crippen LogP contribution in [-0.4, -0.2) is 17.4 Å². The molecule has 1 rings (SSSR count). The molecule has 1 N–H and O–H groups in total. The lowest BCUT2D eigenvalue weighted by Crippen LogP contribution is -2.24. The summed E-state index contributed by atoms with van der Waals surface area (Å²) >= 11 is 0. The van der Waals surface area contributed by atoms with Crippen molar-refractivity contribution in [3.05, 3.63) is 39.9 Å². The number of amides is 1. The van der Waals surface area contributed by atoms with Gasteiger partial charge in [-0.1, -0.05) is 51.5 Å². The van der Waals surface area contributed by atoms with E-state index in [1.807, 2.05) is 0 Å². The topological polar surface area (TPSA) is 72.2 Å². The number of nitrogens with one attached hydrogen (secondary N) is 1. The number of nitro benzene ring substituents is 1. The third kappa shape index (κ3) is 6.88. The Kier molecular flexibility index (Phi) is 8.09. The normalized spacial score (nSPS) is 10.3. The van der Waals surface area contributed by atoms with E-state index < -0.39 is 4.92 Å². The molecule has 116 valence electrons. The van der Waals surface area contributed by atoms with Crippen LogP contribution in [-0.2, 0) is 0 Å². The highest BCUT2D eigenvalue weighted by atomic mass is 16.6. The second-order valence-corrected chi connectivity index (χ2v) is 5.18. The van der Waals surface area contributed by atoms with Crippen molar-refractivity contribution in [2.45, 2.75) is 51.9 Å². The zero-order valence-corrected chi connectivity index (χ0v) is 12.6. The predicted octanol–water partition coefficient (Wildman–Crippen LogP) is 4.08. The molecule has 5 nitrogen and oxygen atoms in total. The molecule has 1 amide bonds. The molecule has 1 aromatic rings. The Morgan fingerprint density at radius 1 is 1.14 bits per heavy atom. The van der Waals surface area contributed by atoms with Gasteiger partial charge in [-0.05, 0) is 12.5 Å². The van der Waals surface area contributed by atoms with E-state index in [-0.39, 0.29) is 11.6 Å². The van der Waals surface area contributed by atoms with Crippen LogP contribution in [0.2, 0.25) is 0 Å². The lowest BCUT2D eigenvalue weighted by Gasteiger charge is -2.05. The maximum atomic E-state index is 11.9. The summed E-state index contributed by atoms with van der Waals surface area (Å²) in [5.74, 6) is -0.246. The molecule has 0 aromatic heterocycles. The van der Waals surface area contributed by atoms with Crippen LogP contribution in [0, 0.1) is 10.1 Å². The second-order valence-electron chi connectivity index (χ2n) is 5.18. The minimum atomic E-state index is -0.493. The van der Waals surface area contributed by atoms with Gasteiger partial charge in [-0.3, -0.25) is 14.9 Å². The second kappa shape index (κ2) is 9.91. The fourth-order valence-electron chi connectivity index (χ4n) is 2.15. The lowest BCUT2D eigenvalue weighted by molar-refractivity contribution is -0.384. The quantitative estimate of drug-likeness (QED) is 0.401. The molecule has 0 atom stereocenters. The highest BCUT2D eigenvalue weighted by Gasteiger charge is 2.10. The number of unbranched alkanes of at least 4 members (excludes halogenated alkanes) is 6. The maximum absolute atomic E-state index is 11.9. The predicted molar refractivity (Wildman–Crippen MR) is 83.4 cm³/mol. The first kappa shape index (κ1) is 17.1. The number of nitro groups is 1. The number of rotatable bonds is 10. The van der Waals surface area contributed by atoms with E-state index in [2.05, 4.69) is 12.2 Å². The number of nitrogens with zero attached hydrogens (tertiary/aromatic N) is 1. The van der Waals surface area contributed by atoms with Crippen LogP contribution in [0.3, 0.4) is 0 Å². The van der Waals surface area contributed by atoms with E-state index in [1.54, 1.807) is 6.07 Å². The molecule has 1 aromatic carbocycles. The average molecular weight is 292 g/mol. The Balaban J connectivity index is 2.22. The zero-order valence-electron chi connectivity index (χ0n) is 12.6. The maximum Gasteiger partial charge on any atom is 0.270 e. The van der Waals surface area contributed by atoms with Crippen molar-refractivity contribution in [3.63, 3.8) is 0 Å². The summed E-state index contributed by atoms with van der Waals surface area (Å²) in [6.07, 6.45) is 8.35. The highest BCUT2D eigenvalue weighted by molar-refractivity contribution is 5.94. The molecule has 0 fully saturated rings. The highest BCUT2D eigenvalue weighted by Crippen LogP contribution is 2.13. The third-order valence-corrected chi connectivity index (χ3v) is 3.39. The van der Waals surface area contributed by atoms with Crippen LogP contribution in [0.1, 0.15) is 62.2 Å². The Hall–Kier alpha value is -1.91. The van der Waals surface area contributed by atoms with Gasteiger partial charge in [0.25, 0.3) is 11.6 Å². The Morgan fingerprint density at radius 3 is 2.48 bits per heavy atom. The van der Waals surface area contributed by atoms with Gasteiger partial charge >= 0.3 is 0 Å². The summed E-state index contributed by atoms with van der Waals surface area (Å²) in [6, 6.07) is 5.81. The van der Waals surface area contributed by atoms with E-state index in [9.17, 15) is 14.9 Å². The molecule has 0 spiro atoms. The van der Waals surface area contributed by atoms with Crippen LogP contribution >= 0.6 is 0 Å². The molecule has 0 aliphatic carbocycles. The SMILES string of the molecule is CCCCCCCCCNC(=O)c1cccc([N+](=O)[O-])c1. The molecule has 0 aliphatic rings. The summed E-state index contributed by atoms with van der Waals surface area (Å²) in [5.41, 5.74) is 0.283. The molecule has 0 saturated heterocycles. The van der Waals surface area contributed by atoms with Gasteiger partial charge in [-0.25, -0.2) is 0 Å². The Labute approximate surface area is 125 Å². The molecule has 0 heterocycles. The summed E-state index contributed by atoms with van der Waals surface area (Å²) in [6.45, 7) is 2.82. The van der Waals surface area contributed by atoms with Gasteiger partial charge in [-0.15, -0.1) is 0 Å².